The molecule has 0 aromatic heterocycles. The monoisotopic (exact) mass is 346 g/mol. The number of hydrogen-bond acceptors (Lipinski definition) is 2. The van der Waals surface area contributed by atoms with Gasteiger partial charge < -0.3 is 9.84 Å². The minimum atomic E-state index is -0.956. The molecule has 0 aliphatic carbocycles. The van der Waals surface area contributed by atoms with Crippen molar-refractivity contribution in [3.05, 3.63) is 90.0 Å². The highest BCUT2D eigenvalue weighted by Crippen LogP contribution is 2.23. The molecule has 0 heterocycles. The van der Waals surface area contributed by atoms with Crippen LogP contribution >= 0.6 is 0 Å². The highest BCUT2D eigenvalue weighted by molar-refractivity contribution is 5.73. The Balaban J connectivity index is 1.75. The molecule has 1 N–H and O–H groups in total. The van der Waals surface area contributed by atoms with E-state index in [1.54, 1.807) is 0 Å². The van der Waals surface area contributed by atoms with Crippen molar-refractivity contribution < 1.29 is 14.6 Å². The normalized spacial score (nSPS) is 11.7. The fraction of sp³-hybridized carbons (Fsp3) is 0.174. The molecule has 3 aromatic rings. The van der Waals surface area contributed by atoms with Crippen molar-refractivity contribution >= 4 is 5.97 Å². The van der Waals surface area contributed by atoms with Gasteiger partial charge in [-0.05, 0) is 40.8 Å². The Morgan fingerprint density at radius 2 is 1.42 bits per heavy atom. The fourth-order valence-corrected chi connectivity index (χ4v) is 3.00. The molecule has 26 heavy (non-hydrogen) atoms. The van der Waals surface area contributed by atoms with Gasteiger partial charge in [0.05, 0.1) is 0 Å². The lowest BCUT2D eigenvalue weighted by Crippen LogP contribution is -2.29. The van der Waals surface area contributed by atoms with Crippen LogP contribution in [-0.4, -0.2) is 17.2 Å². The second kappa shape index (κ2) is 8.34. The molecule has 0 saturated carbocycles. The van der Waals surface area contributed by atoms with Crippen LogP contribution < -0.4 is 4.74 Å². The van der Waals surface area contributed by atoms with Crippen LogP contribution in [0.15, 0.2) is 78.9 Å². The van der Waals surface area contributed by atoms with Gasteiger partial charge in [-0.2, -0.15) is 0 Å². The summed E-state index contributed by atoms with van der Waals surface area (Å²) in [6, 6.07) is 25.5. The number of rotatable bonds is 7. The standard InChI is InChI=1S/C23H22O3/c1-2-17-8-6-7-11-20(17)16-22(23(24)25)26-21-14-12-19(13-15-21)18-9-4-3-5-10-18/h3-15,22H,2,16H2,1H3,(H,24,25). The third-order valence-electron chi connectivity index (χ3n) is 4.42. The van der Waals surface area contributed by atoms with E-state index < -0.39 is 12.1 Å². The zero-order valence-corrected chi connectivity index (χ0v) is 14.8. The molecule has 0 aliphatic rings. The fourth-order valence-electron chi connectivity index (χ4n) is 3.00. The first-order valence-electron chi connectivity index (χ1n) is 8.79. The van der Waals surface area contributed by atoms with Gasteiger partial charge >= 0.3 is 5.97 Å². The van der Waals surface area contributed by atoms with Crippen LogP contribution in [-0.2, 0) is 17.6 Å². The van der Waals surface area contributed by atoms with Crippen molar-refractivity contribution in [1.29, 1.82) is 0 Å². The molecular formula is C23H22O3. The zero-order valence-electron chi connectivity index (χ0n) is 14.8. The maximum Gasteiger partial charge on any atom is 0.345 e. The van der Waals surface area contributed by atoms with Gasteiger partial charge in [0.2, 0.25) is 0 Å². The van der Waals surface area contributed by atoms with Crippen molar-refractivity contribution in [2.45, 2.75) is 25.9 Å². The van der Waals surface area contributed by atoms with E-state index >= 15 is 0 Å². The van der Waals surface area contributed by atoms with Gasteiger partial charge in [0.1, 0.15) is 5.75 Å². The summed E-state index contributed by atoms with van der Waals surface area (Å²) in [4.78, 5) is 11.7. The number of benzene rings is 3. The summed E-state index contributed by atoms with van der Waals surface area (Å²) in [6.07, 6.45) is 0.305. The first-order valence-corrected chi connectivity index (χ1v) is 8.79. The molecule has 3 aromatic carbocycles. The highest BCUT2D eigenvalue weighted by atomic mass is 16.5. The molecule has 132 valence electrons. The van der Waals surface area contributed by atoms with Crippen LogP contribution in [0.5, 0.6) is 5.75 Å². The average molecular weight is 346 g/mol. The molecule has 3 rings (SSSR count). The Hall–Kier alpha value is -3.07. The van der Waals surface area contributed by atoms with Gasteiger partial charge in [0, 0.05) is 6.42 Å². The van der Waals surface area contributed by atoms with Crippen LogP contribution in [0.25, 0.3) is 11.1 Å². The summed E-state index contributed by atoms with van der Waals surface area (Å²) in [6.45, 7) is 2.07. The minimum Gasteiger partial charge on any atom is -0.478 e. The molecule has 0 aliphatic heterocycles. The van der Waals surface area contributed by atoms with Gasteiger partial charge in [-0.25, -0.2) is 4.79 Å². The van der Waals surface area contributed by atoms with Crippen molar-refractivity contribution in [2.24, 2.45) is 0 Å². The number of carboxylic acid groups (broad SMARTS) is 1. The number of aliphatic carboxylic acids is 1. The molecular weight excluding hydrogens is 324 g/mol. The van der Waals surface area contributed by atoms with E-state index in [0.29, 0.717) is 12.2 Å². The number of hydrogen-bond donors (Lipinski definition) is 1. The topological polar surface area (TPSA) is 46.5 Å². The Morgan fingerprint density at radius 3 is 2.04 bits per heavy atom. The maximum atomic E-state index is 11.7. The van der Waals surface area contributed by atoms with Gasteiger partial charge in [0.15, 0.2) is 6.10 Å². The number of aryl methyl sites for hydroxylation is 1. The smallest absolute Gasteiger partial charge is 0.345 e. The highest BCUT2D eigenvalue weighted by Gasteiger charge is 2.21. The number of ether oxygens (including phenoxy) is 1. The Bertz CT molecular complexity index is 854. The van der Waals surface area contributed by atoms with Crippen molar-refractivity contribution in [3.8, 4) is 16.9 Å². The Kier molecular flexibility index (Phi) is 5.69. The first-order chi connectivity index (χ1) is 12.7. The van der Waals surface area contributed by atoms with Crippen molar-refractivity contribution in [3.63, 3.8) is 0 Å². The molecule has 0 radical (unpaired) electrons. The lowest BCUT2D eigenvalue weighted by Gasteiger charge is -2.17. The van der Waals surface area contributed by atoms with Gasteiger partial charge in [-0.1, -0.05) is 73.7 Å². The Morgan fingerprint density at radius 1 is 0.846 bits per heavy atom. The van der Waals surface area contributed by atoms with Gasteiger partial charge in [-0.15, -0.1) is 0 Å². The van der Waals surface area contributed by atoms with E-state index in [0.717, 1.165) is 28.7 Å². The second-order valence-corrected chi connectivity index (χ2v) is 6.16. The van der Waals surface area contributed by atoms with Crippen LogP contribution in [0, 0.1) is 0 Å². The van der Waals surface area contributed by atoms with E-state index in [1.807, 2.05) is 78.9 Å². The van der Waals surface area contributed by atoms with Crippen molar-refractivity contribution in [2.75, 3.05) is 0 Å². The minimum absolute atomic E-state index is 0.347. The van der Waals surface area contributed by atoms with Gasteiger partial charge in [-0.3, -0.25) is 0 Å². The average Bonchev–Trinajstić information content (AvgIpc) is 2.69. The predicted octanol–water partition coefficient (Wildman–Crippen LogP) is 4.99. The van der Waals surface area contributed by atoms with E-state index in [-0.39, 0.29) is 0 Å². The molecule has 3 heteroatoms. The van der Waals surface area contributed by atoms with E-state index in [9.17, 15) is 9.90 Å². The SMILES string of the molecule is CCc1ccccc1CC(Oc1ccc(-c2ccccc2)cc1)C(=O)O. The van der Waals surface area contributed by atoms with Crippen molar-refractivity contribution in [1.82, 2.24) is 0 Å². The summed E-state index contributed by atoms with van der Waals surface area (Å²) >= 11 is 0. The molecule has 0 fully saturated rings. The molecule has 0 spiro atoms. The molecule has 1 atom stereocenters. The van der Waals surface area contributed by atoms with Gasteiger partial charge in [0.25, 0.3) is 0 Å². The van der Waals surface area contributed by atoms with E-state index in [4.69, 9.17) is 4.74 Å². The Labute approximate surface area is 153 Å². The lowest BCUT2D eigenvalue weighted by molar-refractivity contribution is -0.145. The van der Waals surface area contributed by atoms with Crippen LogP contribution in [0.3, 0.4) is 0 Å². The van der Waals surface area contributed by atoms with Crippen LogP contribution in [0.1, 0.15) is 18.1 Å². The van der Waals surface area contributed by atoms with Crippen LogP contribution in [0.2, 0.25) is 0 Å². The summed E-state index contributed by atoms with van der Waals surface area (Å²) in [5.41, 5.74) is 4.36. The zero-order chi connectivity index (χ0) is 18.4. The molecule has 1 unspecified atom stereocenters. The van der Waals surface area contributed by atoms with E-state index in [2.05, 4.69) is 6.92 Å². The summed E-state index contributed by atoms with van der Waals surface area (Å²) < 4.78 is 5.77. The molecule has 0 saturated heterocycles. The third kappa shape index (κ3) is 4.31. The first kappa shape index (κ1) is 17.7. The summed E-state index contributed by atoms with van der Waals surface area (Å²) in [5.74, 6) is -0.394. The van der Waals surface area contributed by atoms with E-state index in [1.165, 1.54) is 0 Å². The molecule has 0 amide bonds. The quantitative estimate of drug-likeness (QED) is 0.655. The maximum absolute atomic E-state index is 11.7. The van der Waals surface area contributed by atoms with Crippen LogP contribution in [0.4, 0.5) is 0 Å². The number of carboxylic acids is 1. The summed E-state index contributed by atoms with van der Waals surface area (Å²) in [7, 11) is 0. The predicted molar refractivity (Wildman–Crippen MR) is 103 cm³/mol. The summed E-state index contributed by atoms with van der Waals surface area (Å²) in [5, 5.41) is 9.57. The number of carbonyl (C=O) groups is 1. The molecule has 3 nitrogen and oxygen atoms in total. The lowest BCUT2D eigenvalue weighted by atomic mass is 10.00. The molecule has 0 bridgehead atoms. The second-order valence-electron chi connectivity index (χ2n) is 6.16. The third-order valence-corrected chi connectivity index (χ3v) is 4.42. The largest absolute Gasteiger partial charge is 0.478 e.